The first-order chi connectivity index (χ1) is 20.2. The molecule has 0 N–H and O–H groups in total. The highest BCUT2D eigenvalue weighted by atomic mass is 16.5. The average molecular weight is 575 g/mol. The zero-order valence-corrected chi connectivity index (χ0v) is 26.7. The first-order valence-electron chi connectivity index (χ1n) is 17.1. The topological polar surface area (TPSA) is 49.9 Å². The van der Waals surface area contributed by atoms with Crippen molar-refractivity contribution in [2.45, 2.75) is 104 Å². The molecule has 3 aliphatic carbocycles. The summed E-state index contributed by atoms with van der Waals surface area (Å²) in [5, 5.41) is 0. The van der Waals surface area contributed by atoms with Crippen LogP contribution < -0.4 is 0 Å². The van der Waals surface area contributed by atoms with Crippen molar-refractivity contribution in [3.63, 3.8) is 0 Å². The van der Waals surface area contributed by atoms with Crippen LogP contribution in [0.1, 0.15) is 90.5 Å². The van der Waals surface area contributed by atoms with Crippen LogP contribution in [0.25, 0.3) is 0 Å². The molecule has 8 atom stereocenters. The normalized spacial score (nSPS) is 39.0. The Morgan fingerprint density at radius 2 is 1.93 bits per heavy atom. The molecule has 0 bridgehead atoms. The molecule has 230 valence electrons. The van der Waals surface area contributed by atoms with E-state index in [-0.39, 0.29) is 12.0 Å². The fourth-order valence-corrected chi connectivity index (χ4v) is 9.98. The molecule has 1 saturated heterocycles. The van der Waals surface area contributed by atoms with Crippen LogP contribution in [0.4, 0.5) is 0 Å². The highest BCUT2D eigenvalue weighted by Crippen LogP contribution is 2.63. The van der Waals surface area contributed by atoms with Crippen molar-refractivity contribution in [1.82, 2.24) is 9.80 Å². The van der Waals surface area contributed by atoms with E-state index in [1.54, 1.807) is 5.57 Å². The number of likely N-dealkylation sites (tertiary alicyclic amines) is 1. The minimum atomic E-state index is 0.193. The standard InChI is InChI=1S/C37H54N2O3/c1-25-19-35-34(39(22-25)23-36(41)38(4)18-16-27-9-6-5-7-10-27)12-8-11-30-31-14-13-28-20-29(40)15-17-37(28,3)33(31)21-32(30)26(2)24-42-35/h5-7,9-10,25,28,30-31,33-35H,8,11-24H2,1-4H3/b32-26-/t25-,28+,30-,31-,33-,34-,35+,37-/m0/s1. The summed E-state index contributed by atoms with van der Waals surface area (Å²) in [6.45, 7) is 10.2. The van der Waals surface area contributed by atoms with Gasteiger partial charge in [0.25, 0.3) is 0 Å². The predicted octanol–water partition coefficient (Wildman–Crippen LogP) is 6.71. The predicted molar refractivity (Wildman–Crippen MR) is 168 cm³/mol. The first-order valence-corrected chi connectivity index (χ1v) is 17.1. The van der Waals surface area contributed by atoms with Crippen LogP contribution in [-0.4, -0.2) is 66.9 Å². The van der Waals surface area contributed by atoms with Crippen molar-refractivity contribution < 1.29 is 14.3 Å². The largest absolute Gasteiger partial charge is 0.372 e. The fraction of sp³-hybridized carbons (Fsp3) is 0.730. The molecule has 5 aliphatic rings. The van der Waals surface area contributed by atoms with Gasteiger partial charge in [-0.1, -0.05) is 56.2 Å². The third kappa shape index (κ3) is 6.02. The Hall–Kier alpha value is -1.98. The van der Waals surface area contributed by atoms with Gasteiger partial charge in [0.15, 0.2) is 0 Å². The summed E-state index contributed by atoms with van der Waals surface area (Å²) in [4.78, 5) is 30.2. The third-order valence-electron chi connectivity index (χ3n) is 12.5. The van der Waals surface area contributed by atoms with E-state index in [4.69, 9.17) is 4.74 Å². The third-order valence-corrected chi connectivity index (χ3v) is 12.5. The van der Waals surface area contributed by atoms with Crippen molar-refractivity contribution in [2.75, 3.05) is 33.3 Å². The molecule has 1 amide bonds. The summed E-state index contributed by atoms with van der Waals surface area (Å²) in [6.07, 6.45) is 12.2. The molecule has 1 aromatic rings. The first kappa shape index (κ1) is 30.1. The van der Waals surface area contributed by atoms with Gasteiger partial charge in [-0.05, 0) is 104 Å². The van der Waals surface area contributed by atoms with E-state index >= 15 is 0 Å². The number of hydrogen-bond acceptors (Lipinski definition) is 4. The number of hydrogen-bond donors (Lipinski definition) is 0. The second-order valence-corrected chi connectivity index (χ2v) is 15.1. The average Bonchev–Trinajstić information content (AvgIpc) is 3.36. The minimum absolute atomic E-state index is 0.193. The lowest BCUT2D eigenvalue weighted by atomic mass is 9.52. The van der Waals surface area contributed by atoms with Gasteiger partial charge in [0.05, 0.1) is 19.3 Å². The van der Waals surface area contributed by atoms with Gasteiger partial charge in [-0.25, -0.2) is 0 Å². The van der Waals surface area contributed by atoms with E-state index in [1.165, 1.54) is 43.2 Å². The number of allylic oxidation sites excluding steroid dienone is 1. The van der Waals surface area contributed by atoms with Crippen molar-refractivity contribution in [3.8, 4) is 0 Å². The molecular formula is C37H54N2O3. The summed E-state index contributed by atoms with van der Waals surface area (Å²) in [5.41, 5.74) is 4.79. The van der Waals surface area contributed by atoms with Crippen molar-refractivity contribution in [3.05, 3.63) is 47.0 Å². The molecule has 0 spiro atoms. The summed E-state index contributed by atoms with van der Waals surface area (Å²) < 4.78 is 6.82. The summed E-state index contributed by atoms with van der Waals surface area (Å²) >= 11 is 0. The van der Waals surface area contributed by atoms with Gasteiger partial charge in [0, 0.05) is 39.0 Å². The quantitative estimate of drug-likeness (QED) is 0.367. The number of carbonyl (C=O) groups excluding carboxylic acids is 2. The number of ether oxygens (including phenoxy) is 1. The van der Waals surface area contributed by atoms with E-state index < -0.39 is 0 Å². The number of Topliss-reactive ketones (excluding diaryl/α,β-unsaturated/α-hetero) is 1. The van der Waals surface area contributed by atoms with Crippen LogP contribution in [0.15, 0.2) is 41.5 Å². The maximum Gasteiger partial charge on any atom is 0.236 e. The van der Waals surface area contributed by atoms with Crippen molar-refractivity contribution in [2.24, 2.45) is 35.0 Å². The maximum atomic E-state index is 13.4. The number of nitrogens with zero attached hydrogens (tertiary/aromatic N) is 2. The van der Waals surface area contributed by atoms with Crippen molar-refractivity contribution in [1.29, 1.82) is 0 Å². The number of fused-ring (bicyclic) bond motifs is 6. The van der Waals surface area contributed by atoms with Crippen LogP contribution in [0.2, 0.25) is 0 Å². The lowest BCUT2D eigenvalue weighted by Crippen LogP contribution is -2.55. The van der Waals surface area contributed by atoms with E-state index in [0.29, 0.717) is 41.5 Å². The second kappa shape index (κ2) is 12.6. The van der Waals surface area contributed by atoms with E-state index in [2.05, 4.69) is 49.9 Å². The van der Waals surface area contributed by atoms with Gasteiger partial charge in [0.1, 0.15) is 5.78 Å². The molecule has 2 heterocycles. The number of piperidine rings is 1. The van der Waals surface area contributed by atoms with Gasteiger partial charge in [-0.3, -0.25) is 14.5 Å². The molecule has 2 aliphatic heterocycles. The lowest BCUT2D eigenvalue weighted by Gasteiger charge is -2.52. The molecule has 5 nitrogen and oxygen atoms in total. The van der Waals surface area contributed by atoms with Crippen LogP contribution >= 0.6 is 0 Å². The molecule has 0 radical (unpaired) electrons. The number of benzene rings is 1. The van der Waals surface area contributed by atoms with Gasteiger partial charge < -0.3 is 9.64 Å². The van der Waals surface area contributed by atoms with Crippen LogP contribution in [-0.2, 0) is 20.7 Å². The summed E-state index contributed by atoms with van der Waals surface area (Å²) in [7, 11) is 1.96. The monoisotopic (exact) mass is 574 g/mol. The number of rotatable bonds is 5. The Balaban J connectivity index is 1.14. The second-order valence-electron chi connectivity index (χ2n) is 15.1. The molecule has 5 heteroatoms. The smallest absolute Gasteiger partial charge is 0.236 e. The highest BCUT2D eigenvalue weighted by molar-refractivity contribution is 5.79. The fourth-order valence-electron chi connectivity index (χ4n) is 9.98. The van der Waals surface area contributed by atoms with Crippen LogP contribution in [0, 0.1) is 35.0 Å². The molecule has 0 unspecified atom stereocenters. The number of carbonyl (C=O) groups is 2. The van der Waals surface area contributed by atoms with Crippen LogP contribution in [0.3, 0.4) is 0 Å². The summed E-state index contributed by atoms with van der Waals surface area (Å²) in [5.74, 6) is 4.01. The van der Waals surface area contributed by atoms with Gasteiger partial charge >= 0.3 is 0 Å². The number of ketones is 1. The van der Waals surface area contributed by atoms with Crippen LogP contribution in [0.5, 0.6) is 0 Å². The zero-order valence-electron chi connectivity index (χ0n) is 26.7. The Morgan fingerprint density at radius 1 is 1.12 bits per heavy atom. The lowest BCUT2D eigenvalue weighted by molar-refractivity contribution is -0.135. The Morgan fingerprint density at radius 3 is 2.74 bits per heavy atom. The van der Waals surface area contributed by atoms with Gasteiger partial charge in [-0.2, -0.15) is 0 Å². The van der Waals surface area contributed by atoms with Gasteiger partial charge in [0.2, 0.25) is 5.91 Å². The number of amides is 1. The van der Waals surface area contributed by atoms with E-state index in [9.17, 15) is 9.59 Å². The summed E-state index contributed by atoms with van der Waals surface area (Å²) in [6, 6.07) is 10.8. The molecule has 42 heavy (non-hydrogen) atoms. The molecule has 0 aromatic heterocycles. The van der Waals surface area contributed by atoms with E-state index in [0.717, 1.165) is 70.1 Å². The molecule has 3 saturated carbocycles. The Kier molecular flexibility index (Phi) is 8.99. The molecule has 4 fully saturated rings. The van der Waals surface area contributed by atoms with E-state index in [1.807, 2.05) is 18.0 Å². The molecular weight excluding hydrogens is 520 g/mol. The minimum Gasteiger partial charge on any atom is -0.372 e. The number of likely N-dealkylation sites (N-methyl/N-ethyl adjacent to an activating group) is 1. The Labute approximate surface area is 254 Å². The molecule has 6 rings (SSSR count). The van der Waals surface area contributed by atoms with Crippen molar-refractivity contribution >= 4 is 11.7 Å². The zero-order chi connectivity index (χ0) is 29.4. The SMILES string of the molecule is C/C1=C2\C[C@H]3[C@@H](CC[C@@H]4CC(=O)CC[C@@]43C)[C@@H]2CCC[C@H]2[C@@H](C[C@H](C)CN2CC(=O)N(C)CCc2ccccc2)OC1. The Bertz CT molecular complexity index is 1160. The highest BCUT2D eigenvalue weighted by Gasteiger charge is 2.55. The molecule has 1 aromatic carbocycles. The maximum absolute atomic E-state index is 13.4. The van der Waals surface area contributed by atoms with Gasteiger partial charge in [-0.15, -0.1) is 0 Å².